The predicted molar refractivity (Wildman–Crippen MR) is 103 cm³/mol. The minimum Gasteiger partial charge on any atom is -0.371 e. The summed E-state index contributed by atoms with van der Waals surface area (Å²) < 4.78 is 6.09. The van der Waals surface area contributed by atoms with Crippen molar-refractivity contribution in [2.24, 2.45) is 5.92 Å². The van der Waals surface area contributed by atoms with Gasteiger partial charge >= 0.3 is 0 Å². The van der Waals surface area contributed by atoms with Gasteiger partial charge in [0, 0.05) is 36.6 Å². The molecule has 26 heavy (non-hydrogen) atoms. The van der Waals surface area contributed by atoms with Crippen LogP contribution in [-0.2, 0) is 9.53 Å². The SMILES string of the molecule is O=C(CCC1CCCC1)N[C@@H]1C[C@H]2CO[C@@H](c3ccc(Cl)cc3)CN2C1. The minimum atomic E-state index is 0.0975. The van der Waals surface area contributed by atoms with Crippen molar-refractivity contribution in [1.82, 2.24) is 10.2 Å². The number of carbonyl (C=O) groups excluding carboxylic acids is 1. The molecule has 0 aromatic heterocycles. The Morgan fingerprint density at radius 3 is 2.73 bits per heavy atom. The van der Waals surface area contributed by atoms with Crippen LogP contribution in [0.5, 0.6) is 0 Å². The number of ether oxygens (including phenoxy) is 1. The average Bonchev–Trinajstić information content (AvgIpc) is 3.29. The van der Waals surface area contributed by atoms with Crippen LogP contribution in [-0.4, -0.2) is 42.6 Å². The van der Waals surface area contributed by atoms with Gasteiger partial charge in [-0.15, -0.1) is 0 Å². The molecule has 1 amide bonds. The highest BCUT2D eigenvalue weighted by molar-refractivity contribution is 6.30. The highest BCUT2D eigenvalue weighted by Crippen LogP contribution is 2.31. The monoisotopic (exact) mass is 376 g/mol. The van der Waals surface area contributed by atoms with Crippen LogP contribution in [0.3, 0.4) is 0 Å². The van der Waals surface area contributed by atoms with E-state index in [0.29, 0.717) is 12.5 Å². The molecule has 0 spiro atoms. The van der Waals surface area contributed by atoms with Crippen LogP contribution in [0.25, 0.3) is 0 Å². The summed E-state index contributed by atoms with van der Waals surface area (Å²) in [6, 6.07) is 8.63. The quantitative estimate of drug-likeness (QED) is 0.846. The molecule has 1 saturated carbocycles. The van der Waals surface area contributed by atoms with Gasteiger partial charge in [-0.1, -0.05) is 49.4 Å². The molecule has 0 bridgehead atoms. The third-order valence-electron chi connectivity index (χ3n) is 6.28. The summed E-state index contributed by atoms with van der Waals surface area (Å²) in [6.07, 6.45) is 8.18. The van der Waals surface area contributed by atoms with Gasteiger partial charge in [0.1, 0.15) is 0 Å². The number of rotatable bonds is 5. The van der Waals surface area contributed by atoms with Crippen molar-refractivity contribution >= 4 is 17.5 Å². The van der Waals surface area contributed by atoms with Gasteiger partial charge < -0.3 is 10.1 Å². The van der Waals surface area contributed by atoms with Crippen molar-refractivity contribution in [2.45, 2.75) is 63.1 Å². The number of nitrogens with zero attached hydrogens (tertiary/aromatic N) is 1. The van der Waals surface area contributed by atoms with Gasteiger partial charge in [0.2, 0.25) is 5.91 Å². The number of morpholine rings is 1. The zero-order valence-corrected chi connectivity index (χ0v) is 16.1. The lowest BCUT2D eigenvalue weighted by atomic mass is 10.0. The molecule has 1 aromatic rings. The lowest BCUT2D eigenvalue weighted by Gasteiger charge is -2.35. The molecule has 3 aliphatic rings. The van der Waals surface area contributed by atoms with Crippen LogP contribution in [0.2, 0.25) is 5.02 Å². The predicted octanol–water partition coefficient (Wildman–Crippen LogP) is 3.94. The van der Waals surface area contributed by atoms with E-state index in [4.69, 9.17) is 16.3 Å². The molecule has 1 aliphatic carbocycles. The Kier molecular flexibility index (Phi) is 5.82. The lowest BCUT2D eigenvalue weighted by Crippen LogP contribution is -2.43. The summed E-state index contributed by atoms with van der Waals surface area (Å²) in [5.41, 5.74) is 1.18. The van der Waals surface area contributed by atoms with E-state index >= 15 is 0 Å². The van der Waals surface area contributed by atoms with E-state index in [1.165, 1.54) is 31.2 Å². The maximum absolute atomic E-state index is 12.3. The van der Waals surface area contributed by atoms with E-state index in [1.54, 1.807) is 0 Å². The fraction of sp³-hybridized carbons (Fsp3) is 0.667. The van der Waals surface area contributed by atoms with Crippen LogP contribution >= 0.6 is 11.6 Å². The highest BCUT2D eigenvalue weighted by Gasteiger charge is 2.38. The average molecular weight is 377 g/mol. The smallest absolute Gasteiger partial charge is 0.220 e. The maximum Gasteiger partial charge on any atom is 0.220 e. The van der Waals surface area contributed by atoms with Gasteiger partial charge in [-0.25, -0.2) is 0 Å². The molecule has 3 fully saturated rings. The van der Waals surface area contributed by atoms with Gasteiger partial charge in [-0.2, -0.15) is 0 Å². The Labute approximate surface area is 161 Å². The second-order valence-electron chi connectivity index (χ2n) is 8.17. The second kappa shape index (κ2) is 8.28. The van der Waals surface area contributed by atoms with E-state index in [0.717, 1.165) is 43.5 Å². The molecule has 1 aromatic carbocycles. The number of hydrogen-bond acceptors (Lipinski definition) is 3. The normalized spacial score (nSPS) is 29.7. The van der Waals surface area contributed by atoms with Crippen LogP contribution in [0.15, 0.2) is 24.3 Å². The number of hydrogen-bond donors (Lipinski definition) is 1. The molecule has 1 N–H and O–H groups in total. The lowest BCUT2D eigenvalue weighted by molar-refractivity contribution is -0.122. The van der Waals surface area contributed by atoms with Gasteiger partial charge in [0.25, 0.3) is 0 Å². The Morgan fingerprint density at radius 1 is 1.19 bits per heavy atom. The van der Waals surface area contributed by atoms with Gasteiger partial charge in [0.15, 0.2) is 0 Å². The minimum absolute atomic E-state index is 0.0975. The number of amides is 1. The van der Waals surface area contributed by atoms with E-state index in [-0.39, 0.29) is 18.1 Å². The van der Waals surface area contributed by atoms with Crippen molar-refractivity contribution in [1.29, 1.82) is 0 Å². The molecule has 2 saturated heterocycles. The zero-order chi connectivity index (χ0) is 17.9. The highest BCUT2D eigenvalue weighted by atomic mass is 35.5. The Morgan fingerprint density at radius 2 is 1.96 bits per heavy atom. The van der Waals surface area contributed by atoms with E-state index in [2.05, 4.69) is 10.2 Å². The largest absolute Gasteiger partial charge is 0.371 e. The summed E-state index contributed by atoms with van der Waals surface area (Å²) in [5, 5.41) is 4.02. The fourth-order valence-corrected chi connectivity index (χ4v) is 4.92. The first-order valence-electron chi connectivity index (χ1n) is 10.1. The maximum atomic E-state index is 12.3. The van der Waals surface area contributed by atoms with Crippen molar-refractivity contribution in [3.63, 3.8) is 0 Å². The molecule has 2 heterocycles. The molecular weight excluding hydrogens is 348 g/mol. The Hall–Kier alpha value is -1.10. The van der Waals surface area contributed by atoms with Crippen molar-refractivity contribution in [3.05, 3.63) is 34.9 Å². The first-order valence-corrected chi connectivity index (χ1v) is 10.5. The molecule has 0 unspecified atom stereocenters. The van der Waals surface area contributed by atoms with Gasteiger partial charge in [0.05, 0.1) is 12.7 Å². The molecule has 142 valence electrons. The molecule has 0 radical (unpaired) electrons. The molecule has 5 heteroatoms. The first kappa shape index (κ1) is 18.3. The number of halogens is 1. The van der Waals surface area contributed by atoms with Crippen molar-refractivity contribution in [2.75, 3.05) is 19.7 Å². The summed E-state index contributed by atoms with van der Waals surface area (Å²) >= 11 is 5.98. The third kappa shape index (κ3) is 4.41. The molecule has 4 nitrogen and oxygen atoms in total. The topological polar surface area (TPSA) is 41.6 Å². The second-order valence-corrected chi connectivity index (χ2v) is 8.61. The summed E-state index contributed by atoms with van der Waals surface area (Å²) in [7, 11) is 0. The van der Waals surface area contributed by atoms with Crippen molar-refractivity contribution in [3.8, 4) is 0 Å². The Bertz CT molecular complexity index is 615. The zero-order valence-electron chi connectivity index (χ0n) is 15.3. The molecule has 2 aliphatic heterocycles. The number of benzene rings is 1. The van der Waals surface area contributed by atoms with Crippen LogP contribution in [0.4, 0.5) is 0 Å². The number of fused-ring (bicyclic) bond motifs is 1. The van der Waals surface area contributed by atoms with Crippen LogP contribution < -0.4 is 5.32 Å². The standard InChI is InChI=1S/C21H29ClN2O2/c22-17-8-6-16(7-9-17)20-13-24-12-18(11-19(24)14-26-20)23-21(25)10-5-15-3-1-2-4-15/h6-9,15,18-20H,1-5,10-14H2,(H,23,25)/t18-,19+,20-/m1/s1. The summed E-state index contributed by atoms with van der Waals surface area (Å²) in [6.45, 7) is 2.57. The van der Waals surface area contributed by atoms with E-state index in [1.807, 2.05) is 24.3 Å². The van der Waals surface area contributed by atoms with E-state index < -0.39 is 0 Å². The van der Waals surface area contributed by atoms with Crippen LogP contribution in [0.1, 0.15) is 56.6 Å². The third-order valence-corrected chi connectivity index (χ3v) is 6.53. The van der Waals surface area contributed by atoms with Gasteiger partial charge in [-0.3, -0.25) is 9.69 Å². The number of carbonyl (C=O) groups is 1. The fourth-order valence-electron chi connectivity index (χ4n) is 4.79. The number of nitrogens with one attached hydrogen (secondary N) is 1. The summed E-state index contributed by atoms with van der Waals surface area (Å²) in [4.78, 5) is 14.8. The molecule has 3 atom stereocenters. The van der Waals surface area contributed by atoms with Gasteiger partial charge in [-0.05, 0) is 36.5 Å². The Balaban J connectivity index is 1.25. The van der Waals surface area contributed by atoms with E-state index in [9.17, 15) is 4.79 Å². The molecular formula is C21H29ClN2O2. The van der Waals surface area contributed by atoms with Crippen molar-refractivity contribution < 1.29 is 9.53 Å². The van der Waals surface area contributed by atoms with Crippen LogP contribution in [0, 0.1) is 5.92 Å². The summed E-state index contributed by atoms with van der Waals surface area (Å²) in [5.74, 6) is 1.01. The molecule has 4 rings (SSSR count). The first-order chi connectivity index (χ1) is 12.7.